The Morgan fingerprint density at radius 1 is 1.27 bits per heavy atom. The van der Waals surface area contributed by atoms with Crippen LogP contribution < -0.4 is 5.32 Å². The molecule has 0 saturated heterocycles. The zero-order chi connectivity index (χ0) is 11.1. The van der Waals surface area contributed by atoms with Crippen LogP contribution in [0.25, 0.3) is 0 Å². The third kappa shape index (κ3) is 4.18. The van der Waals surface area contributed by atoms with Gasteiger partial charge in [0, 0.05) is 32.3 Å². The predicted molar refractivity (Wildman–Crippen MR) is 61.0 cm³/mol. The van der Waals surface area contributed by atoms with Crippen molar-refractivity contribution < 1.29 is 9.47 Å². The summed E-state index contributed by atoms with van der Waals surface area (Å²) in [7, 11) is 3.23. The van der Waals surface area contributed by atoms with E-state index < -0.39 is 0 Å². The molecule has 84 valence electrons. The van der Waals surface area contributed by atoms with E-state index in [2.05, 4.69) is 5.32 Å². The summed E-state index contributed by atoms with van der Waals surface area (Å²) in [6.07, 6.45) is -0.215. The molecule has 0 aliphatic rings. The minimum absolute atomic E-state index is 0.215. The molecule has 4 heteroatoms. The van der Waals surface area contributed by atoms with Gasteiger partial charge in [-0.25, -0.2) is 0 Å². The average Bonchev–Trinajstić information content (AvgIpc) is 2.27. The van der Waals surface area contributed by atoms with Crippen LogP contribution in [-0.2, 0) is 16.0 Å². The van der Waals surface area contributed by atoms with Gasteiger partial charge in [0.25, 0.3) is 0 Å². The van der Waals surface area contributed by atoms with Crippen molar-refractivity contribution in [2.24, 2.45) is 0 Å². The van der Waals surface area contributed by atoms with Gasteiger partial charge in [-0.15, -0.1) is 0 Å². The number of rotatable bonds is 6. The first-order valence-corrected chi connectivity index (χ1v) is 5.15. The number of nitrogens with one attached hydrogen (secondary N) is 1. The standard InChI is InChI=1S/C11H16ClNO2/c1-14-11(15-2)8-13-7-9-5-3-4-6-10(9)12/h3-6,11,13H,7-8H2,1-2H3. The number of hydrogen-bond acceptors (Lipinski definition) is 3. The molecule has 0 spiro atoms. The van der Waals surface area contributed by atoms with Crippen LogP contribution in [0.3, 0.4) is 0 Å². The summed E-state index contributed by atoms with van der Waals surface area (Å²) in [5.41, 5.74) is 1.07. The number of benzene rings is 1. The van der Waals surface area contributed by atoms with Crippen LogP contribution >= 0.6 is 11.6 Å². The number of methoxy groups -OCH3 is 2. The molecular weight excluding hydrogens is 214 g/mol. The van der Waals surface area contributed by atoms with E-state index in [1.165, 1.54) is 0 Å². The van der Waals surface area contributed by atoms with Crippen molar-refractivity contribution in [2.75, 3.05) is 20.8 Å². The molecule has 0 aliphatic carbocycles. The van der Waals surface area contributed by atoms with Crippen LogP contribution in [0.15, 0.2) is 24.3 Å². The minimum atomic E-state index is -0.215. The molecule has 0 fully saturated rings. The average molecular weight is 230 g/mol. The van der Waals surface area contributed by atoms with Crippen LogP contribution in [0.2, 0.25) is 5.02 Å². The van der Waals surface area contributed by atoms with Gasteiger partial charge < -0.3 is 14.8 Å². The maximum absolute atomic E-state index is 6.00. The topological polar surface area (TPSA) is 30.5 Å². The second-order valence-electron chi connectivity index (χ2n) is 3.12. The first-order valence-electron chi connectivity index (χ1n) is 4.77. The van der Waals surface area contributed by atoms with Gasteiger partial charge in [-0.05, 0) is 11.6 Å². The molecular formula is C11H16ClNO2. The van der Waals surface area contributed by atoms with E-state index >= 15 is 0 Å². The quantitative estimate of drug-likeness (QED) is 0.758. The zero-order valence-corrected chi connectivity index (χ0v) is 9.75. The van der Waals surface area contributed by atoms with Gasteiger partial charge in [0.2, 0.25) is 0 Å². The molecule has 0 radical (unpaired) electrons. The Hall–Kier alpha value is -0.610. The fourth-order valence-corrected chi connectivity index (χ4v) is 1.43. The molecule has 0 heterocycles. The highest BCUT2D eigenvalue weighted by Crippen LogP contribution is 2.14. The zero-order valence-electron chi connectivity index (χ0n) is 9.00. The Bertz CT molecular complexity index is 290. The second-order valence-corrected chi connectivity index (χ2v) is 3.53. The maximum atomic E-state index is 6.00. The summed E-state index contributed by atoms with van der Waals surface area (Å²) in [5.74, 6) is 0. The summed E-state index contributed by atoms with van der Waals surface area (Å²) in [6.45, 7) is 1.35. The summed E-state index contributed by atoms with van der Waals surface area (Å²) in [5, 5.41) is 3.98. The SMILES string of the molecule is COC(CNCc1ccccc1Cl)OC. The summed E-state index contributed by atoms with van der Waals surface area (Å²) >= 11 is 6.00. The van der Waals surface area contributed by atoms with Crippen molar-refractivity contribution in [2.45, 2.75) is 12.8 Å². The monoisotopic (exact) mass is 229 g/mol. The molecule has 1 rings (SSSR count). The van der Waals surface area contributed by atoms with Crippen LogP contribution in [-0.4, -0.2) is 27.1 Å². The van der Waals surface area contributed by atoms with Gasteiger partial charge in [0.1, 0.15) is 0 Å². The fraction of sp³-hybridized carbons (Fsp3) is 0.455. The first kappa shape index (κ1) is 12.5. The minimum Gasteiger partial charge on any atom is -0.355 e. The van der Waals surface area contributed by atoms with Gasteiger partial charge >= 0.3 is 0 Å². The van der Waals surface area contributed by atoms with Gasteiger partial charge in [-0.1, -0.05) is 29.8 Å². The number of halogens is 1. The summed E-state index contributed by atoms with van der Waals surface area (Å²) < 4.78 is 10.1. The van der Waals surface area contributed by atoms with Gasteiger partial charge in [0.05, 0.1) is 0 Å². The molecule has 0 aromatic heterocycles. The molecule has 1 aromatic carbocycles. The third-order valence-corrected chi connectivity index (χ3v) is 2.48. The van der Waals surface area contributed by atoms with E-state index in [1.54, 1.807) is 14.2 Å². The van der Waals surface area contributed by atoms with Crippen LogP contribution in [0.1, 0.15) is 5.56 Å². The highest BCUT2D eigenvalue weighted by Gasteiger charge is 2.04. The lowest BCUT2D eigenvalue weighted by molar-refractivity contribution is -0.0989. The molecule has 0 aliphatic heterocycles. The molecule has 0 saturated carbocycles. The Morgan fingerprint density at radius 2 is 1.93 bits per heavy atom. The molecule has 15 heavy (non-hydrogen) atoms. The van der Waals surface area contributed by atoms with E-state index in [4.69, 9.17) is 21.1 Å². The van der Waals surface area contributed by atoms with Crippen molar-refractivity contribution in [3.05, 3.63) is 34.9 Å². The van der Waals surface area contributed by atoms with E-state index in [0.29, 0.717) is 13.1 Å². The van der Waals surface area contributed by atoms with E-state index in [0.717, 1.165) is 10.6 Å². The second kappa shape index (κ2) is 6.80. The smallest absolute Gasteiger partial charge is 0.169 e. The van der Waals surface area contributed by atoms with Crippen molar-refractivity contribution in [1.29, 1.82) is 0 Å². The molecule has 0 amide bonds. The van der Waals surface area contributed by atoms with E-state index in [9.17, 15) is 0 Å². The molecule has 1 N–H and O–H groups in total. The largest absolute Gasteiger partial charge is 0.355 e. The normalized spacial score (nSPS) is 10.9. The van der Waals surface area contributed by atoms with Gasteiger partial charge in [0.15, 0.2) is 6.29 Å². The van der Waals surface area contributed by atoms with E-state index in [1.807, 2.05) is 24.3 Å². The van der Waals surface area contributed by atoms with Crippen LogP contribution in [0.4, 0.5) is 0 Å². The lowest BCUT2D eigenvalue weighted by Gasteiger charge is -2.14. The van der Waals surface area contributed by atoms with Crippen LogP contribution in [0, 0.1) is 0 Å². The summed E-state index contributed by atoms with van der Waals surface area (Å²) in [6, 6.07) is 7.75. The maximum Gasteiger partial charge on any atom is 0.169 e. The highest BCUT2D eigenvalue weighted by molar-refractivity contribution is 6.31. The number of hydrogen-bond donors (Lipinski definition) is 1. The Labute approximate surface area is 95.3 Å². The lowest BCUT2D eigenvalue weighted by Crippen LogP contribution is -2.29. The van der Waals surface area contributed by atoms with Gasteiger partial charge in [-0.2, -0.15) is 0 Å². The molecule has 0 unspecified atom stereocenters. The lowest BCUT2D eigenvalue weighted by atomic mass is 10.2. The summed E-state index contributed by atoms with van der Waals surface area (Å²) in [4.78, 5) is 0. The predicted octanol–water partition coefficient (Wildman–Crippen LogP) is 2.05. The fourth-order valence-electron chi connectivity index (χ4n) is 1.23. The van der Waals surface area contributed by atoms with Crippen molar-refractivity contribution in [1.82, 2.24) is 5.32 Å². The van der Waals surface area contributed by atoms with Crippen molar-refractivity contribution in [3.8, 4) is 0 Å². The Morgan fingerprint density at radius 3 is 2.53 bits per heavy atom. The van der Waals surface area contributed by atoms with Crippen molar-refractivity contribution >= 4 is 11.6 Å². The van der Waals surface area contributed by atoms with Crippen LogP contribution in [0.5, 0.6) is 0 Å². The molecule has 0 atom stereocenters. The Kier molecular flexibility index (Phi) is 5.65. The molecule has 3 nitrogen and oxygen atoms in total. The van der Waals surface area contributed by atoms with Gasteiger partial charge in [-0.3, -0.25) is 0 Å². The first-order chi connectivity index (χ1) is 7.27. The highest BCUT2D eigenvalue weighted by atomic mass is 35.5. The third-order valence-electron chi connectivity index (χ3n) is 2.11. The van der Waals surface area contributed by atoms with Crippen molar-refractivity contribution in [3.63, 3.8) is 0 Å². The number of ether oxygens (including phenoxy) is 2. The molecule has 0 bridgehead atoms. The Balaban J connectivity index is 2.34. The van der Waals surface area contributed by atoms with E-state index in [-0.39, 0.29) is 6.29 Å². The molecule has 1 aromatic rings.